The molecule has 21 heavy (non-hydrogen) atoms. The zero-order valence-electron chi connectivity index (χ0n) is 13.8. The molecule has 1 unspecified atom stereocenters. The van der Waals surface area contributed by atoms with Gasteiger partial charge in [-0.05, 0) is 39.2 Å². The molecule has 1 N–H and O–H groups in total. The van der Waals surface area contributed by atoms with Crippen LogP contribution in [0.4, 0.5) is 0 Å². The van der Waals surface area contributed by atoms with Crippen LogP contribution < -0.4 is 5.32 Å². The number of rotatable bonds is 5. The summed E-state index contributed by atoms with van der Waals surface area (Å²) in [6.07, 6.45) is 3.05. The highest BCUT2D eigenvalue weighted by atomic mass is 16.1. The van der Waals surface area contributed by atoms with Crippen molar-refractivity contribution in [2.75, 3.05) is 26.2 Å². The number of hydrogen-bond donors (Lipinski definition) is 1. The molecule has 5 nitrogen and oxygen atoms in total. The Morgan fingerprint density at radius 3 is 2.81 bits per heavy atom. The Labute approximate surface area is 127 Å². The molecule has 0 aliphatic carbocycles. The Bertz CT molecular complexity index is 495. The molecule has 1 aromatic heterocycles. The molecule has 0 radical (unpaired) electrons. The van der Waals surface area contributed by atoms with E-state index in [0.29, 0.717) is 6.42 Å². The Hall–Kier alpha value is -1.36. The number of carbonyl (C=O) groups excluding carboxylic acids is 1. The van der Waals surface area contributed by atoms with Gasteiger partial charge in [-0.15, -0.1) is 0 Å². The SMILES string of the molecule is Cc1nn(C)c(C)c1CC(=O)NCCN1CCCC(C)C1. The average Bonchev–Trinajstić information content (AvgIpc) is 2.65. The number of aryl methyl sites for hydroxylation is 2. The summed E-state index contributed by atoms with van der Waals surface area (Å²) in [5, 5.41) is 7.39. The van der Waals surface area contributed by atoms with Gasteiger partial charge in [-0.3, -0.25) is 9.48 Å². The third kappa shape index (κ3) is 4.30. The Kier molecular flexibility index (Phi) is 5.39. The van der Waals surface area contributed by atoms with Crippen LogP contribution in [0.25, 0.3) is 0 Å². The summed E-state index contributed by atoms with van der Waals surface area (Å²) in [5.41, 5.74) is 3.09. The van der Waals surface area contributed by atoms with Crippen molar-refractivity contribution in [1.82, 2.24) is 20.0 Å². The van der Waals surface area contributed by atoms with Crippen LogP contribution in [0, 0.1) is 19.8 Å². The normalized spacial score (nSPS) is 19.7. The number of amides is 1. The number of aromatic nitrogens is 2. The number of carbonyl (C=O) groups is 1. The Morgan fingerprint density at radius 2 is 2.19 bits per heavy atom. The molecule has 5 heteroatoms. The van der Waals surface area contributed by atoms with Crippen LogP contribution >= 0.6 is 0 Å². The van der Waals surface area contributed by atoms with Gasteiger partial charge in [0.1, 0.15) is 0 Å². The Morgan fingerprint density at radius 1 is 1.43 bits per heavy atom. The zero-order chi connectivity index (χ0) is 15.4. The van der Waals surface area contributed by atoms with Gasteiger partial charge in [-0.25, -0.2) is 0 Å². The van der Waals surface area contributed by atoms with Gasteiger partial charge in [0.25, 0.3) is 0 Å². The zero-order valence-corrected chi connectivity index (χ0v) is 13.8. The molecule has 2 rings (SSSR count). The first-order chi connectivity index (χ1) is 9.97. The van der Waals surface area contributed by atoms with Gasteiger partial charge in [0.15, 0.2) is 0 Å². The highest BCUT2D eigenvalue weighted by molar-refractivity contribution is 5.79. The topological polar surface area (TPSA) is 50.2 Å². The van der Waals surface area contributed by atoms with E-state index in [1.165, 1.54) is 19.4 Å². The molecule has 1 aliphatic heterocycles. The van der Waals surface area contributed by atoms with Gasteiger partial charge in [-0.2, -0.15) is 5.10 Å². The molecule has 1 amide bonds. The van der Waals surface area contributed by atoms with Crippen molar-refractivity contribution in [3.8, 4) is 0 Å². The minimum absolute atomic E-state index is 0.0965. The molecule has 1 saturated heterocycles. The summed E-state index contributed by atoms with van der Waals surface area (Å²) in [6.45, 7) is 10.3. The maximum Gasteiger partial charge on any atom is 0.224 e. The Balaban J connectivity index is 1.75. The van der Waals surface area contributed by atoms with Crippen LogP contribution in [0.1, 0.15) is 36.7 Å². The van der Waals surface area contributed by atoms with E-state index in [4.69, 9.17) is 0 Å². The van der Waals surface area contributed by atoms with Gasteiger partial charge in [0, 0.05) is 37.9 Å². The molecule has 118 valence electrons. The van der Waals surface area contributed by atoms with E-state index < -0.39 is 0 Å². The van der Waals surface area contributed by atoms with E-state index in [1.54, 1.807) is 0 Å². The molecular weight excluding hydrogens is 264 g/mol. The average molecular weight is 292 g/mol. The highest BCUT2D eigenvalue weighted by Gasteiger charge is 2.16. The number of nitrogens with zero attached hydrogens (tertiary/aromatic N) is 3. The predicted molar refractivity (Wildman–Crippen MR) is 84.2 cm³/mol. The third-order valence-electron chi connectivity index (χ3n) is 4.49. The molecule has 1 atom stereocenters. The van der Waals surface area contributed by atoms with Gasteiger partial charge in [-0.1, -0.05) is 6.92 Å². The third-order valence-corrected chi connectivity index (χ3v) is 4.49. The van der Waals surface area contributed by atoms with Crippen molar-refractivity contribution in [2.24, 2.45) is 13.0 Å². The number of piperidine rings is 1. The maximum absolute atomic E-state index is 12.1. The molecule has 0 saturated carbocycles. The molecule has 0 bridgehead atoms. The van der Waals surface area contributed by atoms with Crippen LogP contribution in [-0.4, -0.2) is 46.8 Å². The molecule has 0 aromatic carbocycles. The second kappa shape index (κ2) is 7.07. The van der Waals surface area contributed by atoms with Crippen LogP contribution in [0.15, 0.2) is 0 Å². The fourth-order valence-corrected chi connectivity index (χ4v) is 3.14. The van der Waals surface area contributed by atoms with Gasteiger partial charge >= 0.3 is 0 Å². The summed E-state index contributed by atoms with van der Waals surface area (Å²) in [5.74, 6) is 0.884. The number of nitrogens with one attached hydrogen (secondary N) is 1. The van der Waals surface area contributed by atoms with Gasteiger partial charge in [0.2, 0.25) is 5.91 Å². The van der Waals surface area contributed by atoms with Crippen LogP contribution in [0.5, 0.6) is 0 Å². The molecule has 2 heterocycles. The minimum Gasteiger partial charge on any atom is -0.355 e. The van der Waals surface area contributed by atoms with Crippen molar-refractivity contribution >= 4 is 5.91 Å². The second-order valence-electron chi connectivity index (χ2n) is 6.35. The first-order valence-corrected chi connectivity index (χ1v) is 7.95. The fourth-order valence-electron chi connectivity index (χ4n) is 3.14. The summed E-state index contributed by atoms with van der Waals surface area (Å²) in [7, 11) is 1.92. The van der Waals surface area contributed by atoms with E-state index in [1.807, 2.05) is 25.6 Å². The predicted octanol–water partition coefficient (Wildman–Crippen LogP) is 1.43. The first-order valence-electron chi connectivity index (χ1n) is 7.95. The largest absolute Gasteiger partial charge is 0.355 e. The lowest BCUT2D eigenvalue weighted by molar-refractivity contribution is -0.120. The lowest BCUT2D eigenvalue weighted by atomic mass is 10.0. The van der Waals surface area contributed by atoms with Crippen molar-refractivity contribution in [3.05, 3.63) is 17.0 Å². The fraction of sp³-hybridized carbons (Fsp3) is 0.750. The van der Waals surface area contributed by atoms with Crippen molar-refractivity contribution in [3.63, 3.8) is 0 Å². The van der Waals surface area contributed by atoms with Gasteiger partial charge < -0.3 is 10.2 Å². The van der Waals surface area contributed by atoms with E-state index in [0.717, 1.165) is 42.5 Å². The summed E-state index contributed by atoms with van der Waals surface area (Å²) < 4.78 is 1.84. The monoisotopic (exact) mass is 292 g/mol. The molecule has 1 fully saturated rings. The first kappa shape index (κ1) is 16.0. The van der Waals surface area contributed by atoms with E-state index in [9.17, 15) is 4.79 Å². The summed E-state index contributed by atoms with van der Waals surface area (Å²) in [4.78, 5) is 14.5. The van der Waals surface area contributed by atoms with Crippen molar-refractivity contribution < 1.29 is 4.79 Å². The van der Waals surface area contributed by atoms with Crippen LogP contribution in [-0.2, 0) is 18.3 Å². The standard InChI is InChI=1S/C16H28N4O/c1-12-6-5-8-20(11-12)9-7-17-16(21)10-15-13(2)18-19(4)14(15)3/h12H,5-11H2,1-4H3,(H,17,21). The minimum atomic E-state index is 0.0965. The molecule has 1 aliphatic rings. The van der Waals surface area contributed by atoms with Crippen LogP contribution in [0.2, 0.25) is 0 Å². The number of hydrogen-bond acceptors (Lipinski definition) is 3. The summed E-state index contributed by atoms with van der Waals surface area (Å²) >= 11 is 0. The molecule has 0 spiro atoms. The quantitative estimate of drug-likeness (QED) is 0.893. The molecular formula is C16H28N4O. The second-order valence-corrected chi connectivity index (χ2v) is 6.35. The van der Waals surface area contributed by atoms with Crippen molar-refractivity contribution in [2.45, 2.75) is 40.0 Å². The molecule has 1 aromatic rings. The van der Waals surface area contributed by atoms with E-state index in [-0.39, 0.29) is 5.91 Å². The van der Waals surface area contributed by atoms with E-state index >= 15 is 0 Å². The van der Waals surface area contributed by atoms with Crippen molar-refractivity contribution in [1.29, 1.82) is 0 Å². The highest BCUT2D eigenvalue weighted by Crippen LogP contribution is 2.15. The van der Waals surface area contributed by atoms with E-state index in [2.05, 4.69) is 22.2 Å². The maximum atomic E-state index is 12.1. The number of likely N-dealkylation sites (tertiary alicyclic amines) is 1. The van der Waals surface area contributed by atoms with Crippen LogP contribution in [0.3, 0.4) is 0 Å². The van der Waals surface area contributed by atoms with Gasteiger partial charge in [0.05, 0.1) is 12.1 Å². The lowest BCUT2D eigenvalue weighted by Crippen LogP contribution is -2.40. The summed E-state index contributed by atoms with van der Waals surface area (Å²) in [6, 6.07) is 0. The smallest absolute Gasteiger partial charge is 0.224 e. The lowest BCUT2D eigenvalue weighted by Gasteiger charge is -2.30.